The molecular formula is C15H24N2. The molecule has 0 aromatic heterocycles. The molecule has 0 atom stereocenters. The summed E-state index contributed by atoms with van der Waals surface area (Å²) >= 11 is 0. The van der Waals surface area contributed by atoms with Gasteiger partial charge in [-0.3, -0.25) is 0 Å². The summed E-state index contributed by atoms with van der Waals surface area (Å²) in [5.74, 6) is 0. The molecular weight excluding hydrogens is 208 g/mol. The Bertz CT molecular complexity index is 386. The van der Waals surface area contributed by atoms with E-state index in [1.807, 2.05) is 0 Å². The van der Waals surface area contributed by atoms with Gasteiger partial charge in [-0.2, -0.15) is 0 Å². The van der Waals surface area contributed by atoms with Gasteiger partial charge in [-0.05, 0) is 36.3 Å². The lowest BCUT2D eigenvalue weighted by molar-refractivity contribution is 0.279. The largest absolute Gasteiger partial charge is 0.371 e. The summed E-state index contributed by atoms with van der Waals surface area (Å²) < 4.78 is 0. The molecule has 0 unspecified atom stereocenters. The second-order valence-electron chi connectivity index (χ2n) is 5.94. The molecule has 0 aliphatic carbocycles. The molecule has 17 heavy (non-hydrogen) atoms. The van der Waals surface area contributed by atoms with Gasteiger partial charge in [-0.25, -0.2) is 0 Å². The number of nitrogens with zero attached hydrogens (tertiary/aromatic N) is 1. The normalized spacial score (nSPS) is 19.4. The molecule has 0 spiro atoms. The number of aryl methyl sites for hydroxylation is 1. The molecule has 1 fully saturated rings. The number of hydrogen-bond acceptors (Lipinski definition) is 2. The summed E-state index contributed by atoms with van der Waals surface area (Å²) in [6, 6.07) is 6.45. The maximum Gasteiger partial charge on any atom is 0.0441 e. The molecule has 1 saturated heterocycles. The van der Waals surface area contributed by atoms with Crippen LogP contribution in [0.4, 0.5) is 5.69 Å². The summed E-state index contributed by atoms with van der Waals surface area (Å²) in [4.78, 5) is 2.52. The molecule has 0 radical (unpaired) electrons. The van der Waals surface area contributed by atoms with Crippen LogP contribution in [0.15, 0.2) is 18.2 Å². The van der Waals surface area contributed by atoms with E-state index in [0.29, 0.717) is 12.0 Å². The zero-order valence-electron chi connectivity index (χ0n) is 11.3. The molecule has 0 amide bonds. The smallest absolute Gasteiger partial charge is 0.0441 e. The van der Waals surface area contributed by atoms with Gasteiger partial charge in [0.2, 0.25) is 0 Å². The quantitative estimate of drug-likeness (QED) is 0.849. The fraction of sp³-hybridized carbons (Fsp3) is 0.600. The summed E-state index contributed by atoms with van der Waals surface area (Å²) in [6.07, 6.45) is 2.54. The van der Waals surface area contributed by atoms with Crippen LogP contribution in [0.5, 0.6) is 0 Å². The molecule has 94 valence electrons. The van der Waals surface area contributed by atoms with E-state index in [1.165, 1.54) is 29.7 Å². The third kappa shape index (κ3) is 2.63. The SMILES string of the molecule is Cc1cccc(CN)c1N1CCC(C)(C)CC1. The summed E-state index contributed by atoms with van der Waals surface area (Å²) in [6.45, 7) is 9.87. The average Bonchev–Trinajstić information content (AvgIpc) is 2.29. The number of nitrogens with two attached hydrogens (primary N) is 1. The average molecular weight is 232 g/mol. The Morgan fingerprint density at radius 3 is 2.47 bits per heavy atom. The number of anilines is 1. The van der Waals surface area contributed by atoms with Crippen molar-refractivity contribution >= 4 is 5.69 Å². The Labute approximate surface area is 105 Å². The molecule has 2 N–H and O–H groups in total. The van der Waals surface area contributed by atoms with E-state index in [-0.39, 0.29) is 0 Å². The predicted octanol–water partition coefficient (Wildman–Crippen LogP) is 3.08. The van der Waals surface area contributed by atoms with Crippen molar-refractivity contribution in [3.8, 4) is 0 Å². The van der Waals surface area contributed by atoms with Crippen LogP contribution in [0.3, 0.4) is 0 Å². The Morgan fingerprint density at radius 1 is 1.24 bits per heavy atom. The van der Waals surface area contributed by atoms with Gasteiger partial charge in [0.05, 0.1) is 0 Å². The third-order valence-electron chi connectivity index (χ3n) is 3.97. The molecule has 2 heteroatoms. The molecule has 2 rings (SSSR count). The number of piperidine rings is 1. The van der Waals surface area contributed by atoms with Crippen LogP contribution in [0.25, 0.3) is 0 Å². The van der Waals surface area contributed by atoms with Gasteiger partial charge < -0.3 is 10.6 Å². The van der Waals surface area contributed by atoms with Gasteiger partial charge in [0, 0.05) is 25.3 Å². The van der Waals surface area contributed by atoms with E-state index in [2.05, 4.69) is 43.9 Å². The molecule has 1 aromatic carbocycles. The van der Waals surface area contributed by atoms with Crippen molar-refractivity contribution in [2.75, 3.05) is 18.0 Å². The molecule has 0 saturated carbocycles. The van der Waals surface area contributed by atoms with Crippen molar-refractivity contribution in [3.05, 3.63) is 29.3 Å². The summed E-state index contributed by atoms with van der Waals surface area (Å²) in [5.41, 5.74) is 10.4. The summed E-state index contributed by atoms with van der Waals surface area (Å²) in [7, 11) is 0. The predicted molar refractivity (Wildman–Crippen MR) is 74.3 cm³/mol. The molecule has 2 nitrogen and oxygen atoms in total. The van der Waals surface area contributed by atoms with Crippen molar-refractivity contribution in [1.29, 1.82) is 0 Å². The summed E-state index contributed by atoms with van der Waals surface area (Å²) in [5, 5.41) is 0. The lowest BCUT2D eigenvalue weighted by atomic mass is 9.82. The first-order valence-electron chi connectivity index (χ1n) is 6.57. The van der Waals surface area contributed by atoms with Crippen LogP contribution >= 0.6 is 0 Å². The highest BCUT2D eigenvalue weighted by atomic mass is 15.1. The van der Waals surface area contributed by atoms with Crippen LogP contribution in [0, 0.1) is 12.3 Å². The van der Waals surface area contributed by atoms with E-state index in [1.54, 1.807) is 0 Å². The van der Waals surface area contributed by atoms with E-state index in [0.717, 1.165) is 13.1 Å². The maximum atomic E-state index is 5.85. The first kappa shape index (κ1) is 12.4. The molecule has 1 heterocycles. The number of benzene rings is 1. The Morgan fingerprint density at radius 2 is 1.88 bits per heavy atom. The monoisotopic (exact) mass is 232 g/mol. The fourth-order valence-corrected chi connectivity index (χ4v) is 2.67. The minimum Gasteiger partial charge on any atom is -0.371 e. The highest BCUT2D eigenvalue weighted by Gasteiger charge is 2.26. The Kier molecular flexibility index (Phi) is 3.43. The topological polar surface area (TPSA) is 29.3 Å². The highest BCUT2D eigenvalue weighted by molar-refractivity contribution is 5.59. The van der Waals surface area contributed by atoms with Gasteiger partial charge in [0.25, 0.3) is 0 Å². The van der Waals surface area contributed by atoms with E-state index >= 15 is 0 Å². The first-order chi connectivity index (χ1) is 8.03. The number of para-hydroxylation sites is 1. The van der Waals surface area contributed by atoms with Gasteiger partial charge in [-0.15, -0.1) is 0 Å². The van der Waals surface area contributed by atoms with Crippen molar-refractivity contribution in [1.82, 2.24) is 0 Å². The van der Waals surface area contributed by atoms with Gasteiger partial charge in [0.15, 0.2) is 0 Å². The fourth-order valence-electron chi connectivity index (χ4n) is 2.67. The lowest BCUT2D eigenvalue weighted by Crippen LogP contribution is -2.38. The van der Waals surface area contributed by atoms with Gasteiger partial charge in [-0.1, -0.05) is 32.0 Å². The van der Waals surface area contributed by atoms with Crippen LogP contribution in [-0.2, 0) is 6.54 Å². The first-order valence-corrected chi connectivity index (χ1v) is 6.57. The van der Waals surface area contributed by atoms with Crippen LogP contribution in [-0.4, -0.2) is 13.1 Å². The van der Waals surface area contributed by atoms with E-state index in [4.69, 9.17) is 5.73 Å². The molecule has 1 aliphatic rings. The maximum absolute atomic E-state index is 5.85. The van der Waals surface area contributed by atoms with Crippen molar-refractivity contribution < 1.29 is 0 Å². The van der Waals surface area contributed by atoms with Crippen LogP contribution < -0.4 is 10.6 Å². The Hall–Kier alpha value is -1.02. The number of hydrogen-bond donors (Lipinski definition) is 1. The van der Waals surface area contributed by atoms with Crippen LogP contribution in [0.1, 0.15) is 37.8 Å². The van der Waals surface area contributed by atoms with Crippen LogP contribution in [0.2, 0.25) is 0 Å². The highest BCUT2D eigenvalue weighted by Crippen LogP contribution is 2.34. The van der Waals surface area contributed by atoms with Crippen molar-refractivity contribution in [3.63, 3.8) is 0 Å². The van der Waals surface area contributed by atoms with Gasteiger partial charge in [0.1, 0.15) is 0 Å². The van der Waals surface area contributed by atoms with Crippen molar-refractivity contribution in [2.24, 2.45) is 11.1 Å². The molecule has 1 aromatic rings. The minimum atomic E-state index is 0.502. The van der Waals surface area contributed by atoms with E-state index < -0.39 is 0 Å². The number of rotatable bonds is 2. The lowest BCUT2D eigenvalue weighted by Gasteiger charge is -2.39. The Balaban J connectivity index is 2.23. The van der Waals surface area contributed by atoms with E-state index in [9.17, 15) is 0 Å². The zero-order valence-corrected chi connectivity index (χ0v) is 11.3. The zero-order chi connectivity index (χ0) is 12.5. The second kappa shape index (κ2) is 4.69. The third-order valence-corrected chi connectivity index (χ3v) is 3.97. The second-order valence-corrected chi connectivity index (χ2v) is 5.94. The standard InChI is InChI=1S/C15H24N2/c1-12-5-4-6-13(11-16)14(12)17-9-7-15(2,3)8-10-17/h4-6H,7-11,16H2,1-3H3. The molecule has 1 aliphatic heterocycles. The van der Waals surface area contributed by atoms with Crippen molar-refractivity contribution in [2.45, 2.75) is 40.2 Å². The minimum absolute atomic E-state index is 0.502. The molecule has 0 bridgehead atoms. The van der Waals surface area contributed by atoms with Gasteiger partial charge >= 0.3 is 0 Å².